The average molecular weight is 396 g/mol. The zero-order valence-electron chi connectivity index (χ0n) is 17.1. The van der Waals surface area contributed by atoms with Crippen LogP contribution in [0.1, 0.15) is 50.6 Å². The topological polar surface area (TPSA) is 107 Å². The molecule has 1 aromatic rings. The molecule has 8 heteroatoms. The van der Waals surface area contributed by atoms with Crippen molar-refractivity contribution in [3.05, 3.63) is 46.7 Å². The van der Waals surface area contributed by atoms with Gasteiger partial charge in [-0.25, -0.2) is 0 Å². The van der Waals surface area contributed by atoms with Crippen molar-refractivity contribution >= 4 is 17.8 Å². The van der Waals surface area contributed by atoms with E-state index in [4.69, 9.17) is 5.11 Å². The number of amides is 2. The molecule has 1 aromatic carbocycles. The molecule has 0 bridgehead atoms. The summed E-state index contributed by atoms with van der Waals surface area (Å²) in [5.41, 5.74) is 1.91. The van der Waals surface area contributed by atoms with Gasteiger partial charge in [-0.3, -0.25) is 14.4 Å². The van der Waals surface area contributed by atoms with E-state index in [0.29, 0.717) is 19.0 Å². The number of aliphatic hydroxyl groups excluding tert-OH is 1. The summed E-state index contributed by atoms with van der Waals surface area (Å²) in [4.78, 5) is 36.8. The van der Waals surface area contributed by atoms with Crippen molar-refractivity contribution in [3.63, 3.8) is 0 Å². The van der Waals surface area contributed by atoms with Crippen molar-refractivity contribution in [2.75, 3.05) is 13.1 Å². The molecule has 0 atom stereocenters. The van der Waals surface area contributed by atoms with E-state index < -0.39 is 24.3 Å². The fraction of sp³-hybridized carbons (Fsp3) is 0.450. The van der Waals surface area contributed by atoms with Gasteiger partial charge in [-0.1, -0.05) is 37.1 Å². The minimum absolute atomic E-state index is 0. The van der Waals surface area contributed by atoms with E-state index in [9.17, 15) is 19.5 Å². The minimum atomic E-state index is -1.22. The number of hydrogen-bond donors (Lipinski definition) is 3. The van der Waals surface area contributed by atoms with Crippen molar-refractivity contribution < 1.29 is 55.6 Å². The van der Waals surface area contributed by atoms with Gasteiger partial charge >= 0.3 is 35.5 Å². The third kappa shape index (κ3) is 5.37. The Morgan fingerprint density at radius 3 is 2.43 bits per heavy atom. The SMILES string of the molecule is O=C(O)CNC(=O)C1=C(O)CCN(Cc2ccc(C3CCCC3)cc2)C1=O.[H-].[Na+]. The van der Waals surface area contributed by atoms with Gasteiger partial charge in [0.2, 0.25) is 0 Å². The van der Waals surface area contributed by atoms with Crippen LogP contribution in [0.5, 0.6) is 0 Å². The molecule has 0 unspecified atom stereocenters. The molecule has 0 spiro atoms. The summed E-state index contributed by atoms with van der Waals surface area (Å²) in [5, 5.41) is 20.7. The number of carbonyl (C=O) groups is 3. The van der Waals surface area contributed by atoms with Crippen LogP contribution in [-0.4, -0.2) is 46.0 Å². The Hall–Kier alpha value is -1.83. The molecular formula is C20H25N2NaO5. The molecule has 28 heavy (non-hydrogen) atoms. The number of nitrogens with one attached hydrogen (secondary N) is 1. The summed E-state index contributed by atoms with van der Waals surface area (Å²) in [6.07, 6.45) is 5.17. The van der Waals surface area contributed by atoms with Crippen LogP contribution in [0.2, 0.25) is 0 Å². The van der Waals surface area contributed by atoms with Crippen molar-refractivity contribution in [1.29, 1.82) is 0 Å². The molecule has 1 saturated carbocycles. The predicted octanol–water partition coefficient (Wildman–Crippen LogP) is -0.794. The molecule has 0 radical (unpaired) electrons. The average Bonchev–Trinajstić information content (AvgIpc) is 3.18. The Morgan fingerprint density at radius 2 is 1.82 bits per heavy atom. The predicted molar refractivity (Wildman–Crippen MR) is 99.1 cm³/mol. The number of rotatable bonds is 6. The maximum atomic E-state index is 12.6. The summed E-state index contributed by atoms with van der Waals surface area (Å²) in [6, 6.07) is 8.22. The first-order valence-corrected chi connectivity index (χ1v) is 9.26. The van der Waals surface area contributed by atoms with Crippen molar-refractivity contribution in [1.82, 2.24) is 10.2 Å². The van der Waals surface area contributed by atoms with Crippen molar-refractivity contribution in [2.45, 2.75) is 44.6 Å². The molecule has 0 saturated heterocycles. The summed E-state index contributed by atoms with van der Waals surface area (Å²) in [5.74, 6) is -2.33. The zero-order valence-corrected chi connectivity index (χ0v) is 18.1. The van der Waals surface area contributed by atoms with Crippen LogP contribution in [0.3, 0.4) is 0 Å². The molecule has 1 heterocycles. The third-order valence-corrected chi connectivity index (χ3v) is 5.22. The van der Waals surface area contributed by atoms with Gasteiger partial charge in [0, 0.05) is 19.5 Å². The summed E-state index contributed by atoms with van der Waals surface area (Å²) >= 11 is 0. The smallest absolute Gasteiger partial charge is 1.00 e. The number of carboxylic acids is 1. The van der Waals surface area contributed by atoms with Gasteiger partial charge in [0.25, 0.3) is 11.8 Å². The van der Waals surface area contributed by atoms with Crippen LogP contribution >= 0.6 is 0 Å². The molecule has 3 rings (SSSR count). The van der Waals surface area contributed by atoms with E-state index in [1.807, 2.05) is 12.1 Å². The Bertz CT molecular complexity index is 776. The van der Waals surface area contributed by atoms with Gasteiger partial charge in [0.15, 0.2) is 0 Å². The van der Waals surface area contributed by atoms with Gasteiger partial charge in [-0.15, -0.1) is 0 Å². The van der Waals surface area contributed by atoms with Crippen LogP contribution in [0.25, 0.3) is 0 Å². The Balaban J connectivity index is 0.00000210. The van der Waals surface area contributed by atoms with Crippen LogP contribution < -0.4 is 34.9 Å². The van der Waals surface area contributed by atoms with Gasteiger partial charge in [-0.2, -0.15) is 0 Å². The largest absolute Gasteiger partial charge is 1.00 e. The second-order valence-corrected chi connectivity index (χ2v) is 7.10. The van der Waals surface area contributed by atoms with E-state index in [-0.39, 0.29) is 48.7 Å². The number of carbonyl (C=O) groups excluding carboxylic acids is 2. The summed E-state index contributed by atoms with van der Waals surface area (Å²) in [7, 11) is 0. The van der Waals surface area contributed by atoms with E-state index >= 15 is 0 Å². The van der Waals surface area contributed by atoms with Gasteiger partial charge in [0.1, 0.15) is 17.9 Å². The first kappa shape index (κ1) is 22.5. The molecule has 2 amide bonds. The molecule has 1 aliphatic heterocycles. The maximum absolute atomic E-state index is 12.6. The van der Waals surface area contributed by atoms with Crippen molar-refractivity contribution in [3.8, 4) is 0 Å². The maximum Gasteiger partial charge on any atom is 1.00 e. The van der Waals surface area contributed by atoms with E-state index in [1.165, 1.54) is 36.1 Å². The minimum Gasteiger partial charge on any atom is -1.00 e. The second-order valence-electron chi connectivity index (χ2n) is 7.10. The standard InChI is InChI=1S/C20H24N2O5.Na.H/c23-16-9-10-22(20(27)18(16)19(26)21-11-17(24)25)12-13-5-7-15(8-6-13)14-3-1-2-4-14;;/h5-8,14,23H,1-4,9-12H2,(H,21,26)(H,24,25);;/q;+1;-1. The van der Waals surface area contributed by atoms with Gasteiger partial charge in [-0.05, 0) is 29.9 Å². The molecule has 1 aliphatic carbocycles. The van der Waals surface area contributed by atoms with Crippen LogP contribution in [0.15, 0.2) is 35.6 Å². The quantitative estimate of drug-likeness (QED) is 0.431. The fourth-order valence-electron chi connectivity index (χ4n) is 3.75. The molecule has 3 N–H and O–H groups in total. The van der Waals surface area contributed by atoms with E-state index in [1.54, 1.807) is 0 Å². The monoisotopic (exact) mass is 396 g/mol. The number of aliphatic carboxylic acids is 1. The molecule has 7 nitrogen and oxygen atoms in total. The number of carboxylic acid groups (broad SMARTS) is 1. The molecule has 0 aromatic heterocycles. The first-order chi connectivity index (χ1) is 13.0. The Morgan fingerprint density at radius 1 is 1.18 bits per heavy atom. The first-order valence-electron chi connectivity index (χ1n) is 9.26. The number of benzene rings is 1. The van der Waals surface area contributed by atoms with Gasteiger partial charge in [0.05, 0.1) is 0 Å². The van der Waals surface area contributed by atoms with Gasteiger partial charge < -0.3 is 21.9 Å². The number of aliphatic hydroxyl groups is 1. The molecule has 146 valence electrons. The summed E-state index contributed by atoms with van der Waals surface area (Å²) in [6.45, 7) is 0.0447. The third-order valence-electron chi connectivity index (χ3n) is 5.22. The molecule has 2 aliphatic rings. The Labute approximate surface area is 187 Å². The Kier molecular flexibility index (Phi) is 8.10. The van der Waals surface area contributed by atoms with E-state index in [0.717, 1.165) is 5.56 Å². The number of hydrogen-bond acceptors (Lipinski definition) is 4. The van der Waals surface area contributed by atoms with Crippen LogP contribution in [-0.2, 0) is 20.9 Å². The second kappa shape index (κ2) is 10.1. The van der Waals surface area contributed by atoms with Crippen LogP contribution in [0, 0.1) is 0 Å². The van der Waals surface area contributed by atoms with Crippen molar-refractivity contribution in [2.24, 2.45) is 0 Å². The fourth-order valence-corrected chi connectivity index (χ4v) is 3.75. The summed E-state index contributed by atoms with van der Waals surface area (Å²) < 4.78 is 0. The van der Waals surface area contributed by atoms with E-state index in [2.05, 4.69) is 17.4 Å². The number of nitrogens with zero attached hydrogens (tertiary/aromatic N) is 1. The van der Waals surface area contributed by atoms with Crippen LogP contribution in [0.4, 0.5) is 0 Å². The normalized spacial score (nSPS) is 17.4. The zero-order chi connectivity index (χ0) is 19.4. The molecule has 1 fully saturated rings. The molecular weight excluding hydrogens is 371 g/mol.